The number of hydrogen-bond acceptors (Lipinski definition) is 5. The second kappa shape index (κ2) is 7.17. The quantitative estimate of drug-likeness (QED) is 0.521. The molecule has 0 spiro atoms. The predicted octanol–water partition coefficient (Wildman–Crippen LogP) is 2.76. The summed E-state index contributed by atoms with van der Waals surface area (Å²) in [5.41, 5.74) is 4.06. The maximum atomic E-state index is 12.0. The van der Waals surface area contributed by atoms with Gasteiger partial charge in [0.1, 0.15) is 5.75 Å². The van der Waals surface area contributed by atoms with Crippen LogP contribution in [0.5, 0.6) is 5.75 Å². The fourth-order valence-electron chi connectivity index (χ4n) is 1.85. The van der Waals surface area contributed by atoms with E-state index in [1.54, 1.807) is 20.1 Å². The van der Waals surface area contributed by atoms with Gasteiger partial charge in [0.05, 0.1) is 17.7 Å². The molecule has 7 nitrogen and oxygen atoms in total. The van der Waals surface area contributed by atoms with Gasteiger partial charge < -0.3 is 4.74 Å². The van der Waals surface area contributed by atoms with Crippen molar-refractivity contribution >= 4 is 17.3 Å². The number of benzene rings is 2. The number of non-ortho nitro benzene ring substituents is 1. The molecule has 0 radical (unpaired) electrons. The van der Waals surface area contributed by atoms with Gasteiger partial charge in [0, 0.05) is 23.3 Å². The van der Waals surface area contributed by atoms with Crippen LogP contribution in [0.2, 0.25) is 0 Å². The third kappa shape index (κ3) is 4.13. The van der Waals surface area contributed by atoms with E-state index in [0.717, 1.165) is 5.56 Å². The molecule has 7 heteroatoms. The van der Waals surface area contributed by atoms with Crippen LogP contribution >= 0.6 is 0 Å². The van der Waals surface area contributed by atoms with Gasteiger partial charge in [0.2, 0.25) is 0 Å². The highest BCUT2D eigenvalue weighted by Crippen LogP contribution is 2.14. The van der Waals surface area contributed by atoms with Gasteiger partial charge in [-0.05, 0) is 31.2 Å². The largest absolute Gasteiger partial charge is 0.497 e. The van der Waals surface area contributed by atoms with E-state index in [9.17, 15) is 14.9 Å². The van der Waals surface area contributed by atoms with E-state index in [-0.39, 0.29) is 11.3 Å². The van der Waals surface area contributed by atoms with Gasteiger partial charge in [-0.1, -0.05) is 12.1 Å². The lowest BCUT2D eigenvalue weighted by molar-refractivity contribution is -0.384. The van der Waals surface area contributed by atoms with Crippen molar-refractivity contribution in [1.82, 2.24) is 5.43 Å². The molecule has 2 aromatic rings. The van der Waals surface area contributed by atoms with Crippen LogP contribution in [0.3, 0.4) is 0 Å². The van der Waals surface area contributed by atoms with Gasteiger partial charge in [0.25, 0.3) is 11.6 Å². The molecule has 1 amide bonds. The summed E-state index contributed by atoms with van der Waals surface area (Å²) in [6.45, 7) is 1.75. The van der Waals surface area contributed by atoms with Crippen molar-refractivity contribution in [2.45, 2.75) is 6.92 Å². The van der Waals surface area contributed by atoms with Gasteiger partial charge in [-0.15, -0.1) is 0 Å². The Kier molecular flexibility index (Phi) is 5.03. The second-order valence-corrected chi connectivity index (χ2v) is 4.67. The van der Waals surface area contributed by atoms with E-state index in [1.165, 1.54) is 24.3 Å². The molecule has 23 heavy (non-hydrogen) atoms. The maximum absolute atomic E-state index is 12.0. The molecule has 2 rings (SSSR count). The van der Waals surface area contributed by atoms with E-state index in [2.05, 4.69) is 10.5 Å². The van der Waals surface area contributed by atoms with Crippen molar-refractivity contribution in [1.29, 1.82) is 0 Å². The Morgan fingerprint density at radius 2 is 1.87 bits per heavy atom. The van der Waals surface area contributed by atoms with Crippen molar-refractivity contribution in [2.75, 3.05) is 7.11 Å². The Bertz CT molecular complexity index is 754. The number of rotatable bonds is 5. The Labute approximate surface area is 132 Å². The highest BCUT2D eigenvalue weighted by molar-refractivity contribution is 6.01. The van der Waals surface area contributed by atoms with Crippen molar-refractivity contribution in [3.63, 3.8) is 0 Å². The monoisotopic (exact) mass is 313 g/mol. The molecular formula is C16H15N3O4. The van der Waals surface area contributed by atoms with Gasteiger partial charge in [-0.2, -0.15) is 5.10 Å². The minimum atomic E-state index is -0.521. The Hall–Kier alpha value is -3.22. The molecule has 0 saturated carbocycles. The molecule has 0 saturated heterocycles. The molecule has 0 aromatic heterocycles. The molecule has 0 unspecified atom stereocenters. The zero-order valence-corrected chi connectivity index (χ0v) is 12.6. The van der Waals surface area contributed by atoms with Crippen LogP contribution in [-0.4, -0.2) is 23.7 Å². The first-order chi connectivity index (χ1) is 11.0. The highest BCUT2D eigenvalue weighted by Gasteiger charge is 2.09. The standard InChI is InChI=1S/C16H15N3O4/c1-11(13-4-3-5-15(10-13)23-2)17-18-16(20)12-6-8-14(9-7-12)19(21)22/h3-10H,1-2H3,(H,18,20)/b17-11-. The fraction of sp³-hybridized carbons (Fsp3) is 0.125. The number of nitro groups is 1. The predicted molar refractivity (Wildman–Crippen MR) is 85.8 cm³/mol. The topological polar surface area (TPSA) is 93.8 Å². The summed E-state index contributed by atoms with van der Waals surface area (Å²) in [6, 6.07) is 12.6. The van der Waals surface area contributed by atoms with Gasteiger partial charge >= 0.3 is 0 Å². The van der Waals surface area contributed by atoms with Crippen LogP contribution < -0.4 is 10.2 Å². The second-order valence-electron chi connectivity index (χ2n) is 4.67. The number of hydrazone groups is 1. The average Bonchev–Trinajstić information content (AvgIpc) is 2.59. The molecule has 118 valence electrons. The van der Waals surface area contributed by atoms with Gasteiger partial charge in [0.15, 0.2) is 0 Å². The number of hydrogen-bond donors (Lipinski definition) is 1. The Morgan fingerprint density at radius 1 is 1.17 bits per heavy atom. The third-order valence-electron chi connectivity index (χ3n) is 3.15. The molecule has 0 fully saturated rings. The smallest absolute Gasteiger partial charge is 0.271 e. The van der Waals surface area contributed by atoms with Crippen molar-refractivity contribution in [2.24, 2.45) is 5.10 Å². The van der Waals surface area contributed by atoms with Gasteiger partial charge in [-0.3, -0.25) is 14.9 Å². The van der Waals surface area contributed by atoms with E-state index in [4.69, 9.17) is 4.74 Å². The van der Waals surface area contributed by atoms with Crippen LogP contribution in [0.4, 0.5) is 5.69 Å². The van der Waals surface area contributed by atoms with Crippen LogP contribution in [0.15, 0.2) is 53.6 Å². The lowest BCUT2D eigenvalue weighted by Gasteiger charge is -2.05. The summed E-state index contributed by atoms with van der Waals surface area (Å²) in [6.07, 6.45) is 0. The summed E-state index contributed by atoms with van der Waals surface area (Å²) < 4.78 is 5.13. The summed E-state index contributed by atoms with van der Waals surface area (Å²) in [5, 5.41) is 14.6. The molecule has 0 aliphatic carbocycles. The number of nitrogens with one attached hydrogen (secondary N) is 1. The fourth-order valence-corrected chi connectivity index (χ4v) is 1.85. The number of ether oxygens (including phenoxy) is 1. The van der Waals surface area contributed by atoms with Gasteiger partial charge in [-0.25, -0.2) is 5.43 Å². The number of amides is 1. The van der Waals surface area contributed by atoms with E-state index < -0.39 is 10.8 Å². The summed E-state index contributed by atoms with van der Waals surface area (Å²) in [4.78, 5) is 22.0. The summed E-state index contributed by atoms with van der Waals surface area (Å²) in [5.74, 6) is 0.251. The lowest BCUT2D eigenvalue weighted by atomic mass is 10.1. The zero-order valence-electron chi connectivity index (χ0n) is 12.6. The number of nitrogens with zero attached hydrogens (tertiary/aromatic N) is 2. The Balaban J connectivity index is 2.08. The normalized spacial score (nSPS) is 11.0. The van der Waals surface area contributed by atoms with Crippen molar-refractivity contribution in [3.05, 3.63) is 69.8 Å². The molecule has 0 bridgehead atoms. The summed E-state index contributed by atoms with van der Waals surface area (Å²) >= 11 is 0. The van der Waals surface area contributed by atoms with Crippen LogP contribution in [0, 0.1) is 10.1 Å². The molecule has 2 aromatic carbocycles. The minimum absolute atomic E-state index is 0.0717. The van der Waals surface area contributed by atoms with Crippen LogP contribution in [0.1, 0.15) is 22.8 Å². The zero-order chi connectivity index (χ0) is 16.8. The third-order valence-corrected chi connectivity index (χ3v) is 3.15. The summed E-state index contributed by atoms with van der Waals surface area (Å²) in [7, 11) is 1.57. The Morgan fingerprint density at radius 3 is 2.48 bits per heavy atom. The number of carbonyl (C=O) groups excluding carboxylic acids is 1. The van der Waals surface area contributed by atoms with Crippen LogP contribution in [-0.2, 0) is 0 Å². The minimum Gasteiger partial charge on any atom is -0.497 e. The first-order valence-corrected chi connectivity index (χ1v) is 6.75. The maximum Gasteiger partial charge on any atom is 0.271 e. The van der Waals surface area contributed by atoms with Crippen LogP contribution in [0.25, 0.3) is 0 Å². The number of carbonyl (C=O) groups is 1. The van der Waals surface area contributed by atoms with E-state index in [1.807, 2.05) is 18.2 Å². The molecule has 1 N–H and O–H groups in total. The highest BCUT2D eigenvalue weighted by atomic mass is 16.6. The molecule has 0 atom stereocenters. The number of nitro benzene ring substituents is 1. The van der Waals surface area contributed by atoms with E-state index >= 15 is 0 Å². The lowest BCUT2D eigenvalue weighted by Crippen LogP contribution is -2.19. The average molecular weight is 313 g/mol. The van der Waals surface area contributed by atoms with Crippen molar-refractivity contribution in [3.8, 4) is 5.75 Å². The SMILES string of the molecule is COc1cccc(/C(C)=N\NC(=O)c2ccc([N+](=O)[O-])cc2)c1. The number of methoxy groups -OCH3 is 1. The first-order valence-electron chi connectivity index (χ1n) is 6.75. The molecule has 0 aliphatic rings. The molecular weight excluding hydrogens is 298 g/mol. The van der Waals surface area contributed by atoms with E-state index in [0.29, 0.717) is 11.5 Å². The first kappa shape index (κ1) is 16.2. The molecule has 0 heterocycles. The van der Waals surface area contributed by atoms with Crippen molar-refractivity contribution < 1.29 is 14.5 Å². The molecule has 0 aliphatic heterocycles.